The third kappa shape index (κ3) is 2.82. The molecule has 1 saturated carbocycles. The molecule has 0 spiro atoms. The Morgan fingerprint density at radius 2 is 2.17 bits per heavy atom. The molecule has 0 aliphatic heterocycles. The Morgan fingerprint density at radius 3 is 2.88 bits per heavy atom. The topological polar surface area (TPSA) is 59.2 Å². The summed E-state index contributed by atoms with van der Waals surface area (Å²) in [6.07, 6.45) is 3.46. The molecule has 4 rings (SSSR count). The number of amides is 1. The van der Waals surface area contributed by atoms with Gasteiger partial charge in [-0.1, -0.05) is 26.0 Å². The largest absolute Gasteiger partial charge is 0.447 e. The summed E-state index contributed by atoms with van der Waals surface area (Å²) < 4.78 is 6.58. The highest BCUT2D eigenvalue weighted by molar-refractivity contribution is 7.18. The van der Waals surface area contributed by atoms with Crippen LogP contribution in [0.4, 0.5) is 0 Å². The Balaban J connectivity index is 1.62. The molecule has 0 radical (unpaired) electrons. The van der Waals surface area contributed by atoms with Gasteiger partial charge in [-0.3, -0.25) is 4.79 Å². The van der Waals surface area contributed by atoms with Gasteiger partial charge < -0.3 is 9.32 Å². The van der Waals surface area contributed by atoms with Gasteiger partial charge in [0.25, 0.3) is 5.91 Å². The number of oxazole rings is 1. The quantitative estimate of drug-likeness (QED) is 0.697. The molecule has 2 aromatic heterocycles. The van der Waals surface area contributed by atoms with E-state index in [1.807, 2.05) is 36.9 Å². The summed E-state index contributed by atoms with van der Waals surface area (Å²) in [6.45, 7) is 4.55. The summed E-state index contributed by atoms with van der Waals surface area (Å²) in [7, 11) is 0. The molecule has 1 amide bonds. The van der Waals surface area contributed by atoms with E-state index in [2.05, 4.69) is 16.0 Å². The second-order valence-electron chi connectivity index (χ2n) is 6.46. The van der Waals surface area contributed by atoms with Gasteiger partial charge in [-0.05, 0) is 25.0 Å². The van der Waals surface area contributed by atoms with Crippen molar-refractivity contribution >= 4 is 27.5 Å². The van der Waals surface area contributed by atoms with E-state index < -0.39 is 0 Å². The van der Waals surface area contributed by atoms with Crippen LogP contribution in [0.1, 0.15) is 53.9 Å². The SMILES string of the molecule is CC(C)c1ocnc1C(=O)N(Cc1nc2ccccc2s1)C1CC1. The molecular formula is C18H19N3O2S. The van der Waals surface area contributed by atoms with E-state index in [9.17, 15) is 4.79 Å². The number of para-hydroxylation sites is 1. The maximum Gasteiger partial charge on any atom is 0.276 e. The minimum absolute atomic E-state index is 0.0470. The summed E-state index contributed by atoms with van der Waals surface area (Å²) in [4.78, 5) is 23.8. The lowest BCUT2D eigenvalue weighted by Crippen LogP contribution is -2.33. The van der Waals surface area contributed by atoms with E-state index in [0.29, 0.717) is 24.0 Å². The van der Waals surface area contributed by atoms with E-state index in [4.69, 9.17) is 4.42 Å². The van der Waals surface area contributed by atoms with Gasteiger partial charge in [0.15, 0.2) is 12.1 Å². The monoisotopic (exact) mass is 341 g/mol. The highest BCUT2D eigenvalue weighted by Crippen LogP contribution is 2.32. The standard InChI is InChI=1S/C18H19N3O2S/c1-11(2)17-16(19-10-23-17)18(22)21(12-7-8-12)9-15-20-13-5-3-4-6-14(13)24-15/h3-6,10-12H,7-9H2,1-2H3. The average molecular weight is 341 g/mol. The van der Waals surface area contributed by atoms with Gasteiger partial charge in [0, 0.05) is 12.0 Å². The number of rotatable bonds is 5. The van der Waals surface area contributed by atoms with Crippen molar-refractivity contribution < 1.29 is 9.21 Å². The van der Waals surface area contributed by atoms with Crippen LogP contribution in [-0.4, -0.2) is 26.8 Å². The Bertz CT molecular complexity index is 846. The fourth-order valence-corrected chi connectivity index (χ4v) is 3.81. The van der Waals surface area contributed by atoms with Crippen molar-refractivity contribution in [3.05, 3.63) is 47.1 Å². The minimum atomic E-state index is -0.0470. The molecule has 0 saturated heterocycles. The van der Waals surface area contributed by atoms with Crippen LogP contribution in [0, 0.1) is 0 Å². The van der Waals surface area contributed by atoms with Crippen LogP contribution in [0.25, 0.3) is 10.2 Å². The van der Waals surface area contributed by atoms with Crippen molar-refractivity contribution in [1.82, 2.24) is 14.9 Å². The number of aromatic nitrogens is 2. The van der Waals surface area contributed by atoms with E-state index in [1.54, 1.807) is 11.3 Å². The van der Waals surface area contributed by atoms with Crippen molar-refractivity contribution in [3.63, 3.8) is 0 Å². The van der Waals surface area contributed by atoms with Gasteiger partial charge in [-0.25, -0.2) is 9.97 Å². The lowest BCUT2D eigenvalue weighted by Gasteiger charge is -2.20. The van der Waals surface area contributed by atoms with Gasteiger partial charge >= 0.3 is 0 Å². The first-order valence-corrected chi connectivity index (χ1v) is 9.04. The van der Waals surface area contributed by atoms with Crippen LogP contribution < -0.4 is 0 Å². The number of carbonyl (C=O) groups is 1. The molecule has 1 aromatic carbocycles. The lowest BCUT2D eigenvalue weighted by molar-refractivity contribution is 0.0721. The smallest absolute Gasteiger partial charge is 0.276 e. The van der Waals surface area contributed by atoms with Crippen molar-refractivity contribution in [2.45, 2.75) is 45.2 Å². The Kier molecular flexibility index (Phi) is 3.84. The van der Waals surface area contributed by atoms with Gasteiger partial charge in [0.05, 0.1) is 16.8 Å². The normalized spacial score (nSPS) is 14.5. The third-order valence-corrected chi connectivity index (χ3v) is 5.24. The molecule has 2 heterocycles. The molecule has 124 valence electrons. The van der Waals surface area contributed by atoms with E-state index >= 15 is 0 Å². The Hall–Kier alpha value is -2.21. The molecule has 6 heteroatoms. The van der Waals surface area contributed by atoms with Crippen LogP contribution in [-0.2, 0) is 6.54 Å². The van der Waals surface area contributed by atoms with Gasteiger partial charge in [-0.15, -0.1) is 11.3 Å². The Morgan fingerprint density at radius 1 is 1.38 bits per heavy atom. The van der Waals surface area contributed by atoms with Crippen LogP contribution in [0.5, 0.6) is 0 Å². The maximum atomic E-state index is 13.0. The van der Waals surface area contributed by atoms with Crippen molar-refractivity contribution in [1.29, 1.82) is 0 Å². The third-order valence-electron chi connectivity index (χ3n) is 4.21. The van der Waals surface area contributed by atoms with Crippen molar-refractivity contribution in [2.24, 2.45) is 0 Å². The summed E-state index contributed by atoms with van der Waals surface area (Å²) >= 11 is 1.65. The number of thiazole rings is 1. The van der Waals surface area contributed by atoms with Gasteiger partial charge in [-0.2, -0.15) is 0 Å². The fourth-order valence-electron chi connectivity index (χ4n) is 2.85. The second kappa shape index (κ2) is 6.02. The Labute approximate surface area is 144 Å². The summed E-state index contributed by atoms with van der Waals surface area (Å²) in [5.41, 5.74) is 1.43. The first-order valence-electron chi connectivity index (χ1n) is 8.22. The van der Waals surface area contributed by atoms with Crippen molar-refractivity contribution in [3.8, 4) is 0 Å². The van der Waals surface area contributed by atoms with E-state index in [1.165, 1.54) is 6.39 Å². The van der Waals surface area contributed by atoms with Gasteiger partial charge in [0.1, 0.15) is 10.8 Å². The number of benzene rings is 1. The number of nitrogens with zero attached hydrogens (tertiary/aromatic N) is 3. The van der Waals surface area contributed by atoms with Crippen molar-refractivity contribution in [2.75, 3.05) is 0 Å². The van der Waals surface area contributed by atoms with E-state index in [-0.39, 0.29) is 11.8 Å². The van der Waals surface area contributed by atoms with Crippen LogP contribution in [0.3, 0.4) is 0 Å². The molecule has 0 N–H and O–H groups in total. The van der Waals surface area contributed by atoms with Crippen LogP contribution >= 0.6 is 11.3 Å². The molecule has 1 fully saturated rings. The highest BCUT2D eigenvalue weighted by Gasteiger charge is 2.36. The predicted molar refractivity (Wildman–Crippen MR) is 93.1 cm³/mol. The molecule has 1 aliphatic carbocycles. The first kappa shape index (κ1) is 15.3. The van der Waals surface area contributed by atoms with Gasteiger partial charge in [0.2, 0.25) is 0 Å². The highest BCUT2D eigenvalue weighted by atomic mass is 32.1. The first-order chi connectivity index (χ1) is 11.6. The summed E-state index contributed by atoms with van der Waals surface area (Å²) in [6, 6.07) is 8.36. The fraction of sp³-hybridized carbons (Fsp3) is 0.389. The molecule has 0 unspecified atom stereocenters. The number of hydrogen-bond acceptors (Lipinski definition) is 5. The predicted octanol–water partition coefficient (Wildman–Crippen LogP) is 4.21. The lowest BCUT2D eigenvalue weighted by atomic mass is 10.1. The average Bonchev–Trinajstić information content (AvgIpc) is 3.13. The molecule has 0 atom stereocenters. The molecule has 5 nitrogen and oxygen atoms in total. The number of hydrogen-bond donors (Lipinski definition) is 0. The second-order valence-corrected chi connectivity index (χ2v) is 7.57. The van der Waals surface area contributed by atoms with E-state index in [0.717, 1.165) is 28.1 Å². The summed E-state index contributed by atoms with van der Waals surface area (Å²) in [5, 5.41) is 0.964. The zero-order chi connectivity index (χ0) is 16.7. The van der Waals surface area contributed by atoms with Crippen LogP contribution in [0.2, 0.25) is 0 Å². The molecule has 3 aromatic rings. The summed E-state index contributed by atoms with van der Waals surface area (Å²) in [5.74, 6) is 0.749. The van der Waals surface area contributed by atoms with Crippen LogP contribution in [0.15, 0.2) is 35.1 Å². The molecule has 0 bridgehead atoms. The number of carbonyl (C=O) groups excluding carboxylic acids is 1. The molecule has 1 aliphatic rings. The maximum absolute atomic E-state index is 13.0. The molecular weight excluding hydrogens is 322 g/mol. The minimum Gasteiger partial charge on any atom is -0.447 e. The zero-order valence-corrected chi connectivity index (χ0v) is 14.5. The zero-order valence-electron chi connectivity index (χ0n) is 13.7. The number of fused-ring (bicyclic) bond motifs is 1. The molecule has 24 heavy (non-hydrogen) atoms.